The fourth-order valence-electron chi connectivity index (χ4n) is 8.37. The molecule has 3 heterocycles. The molecule has 6 aromatic carbocycles. The van der Waals surface area contributed by atoms with Crippen LogP contribution in [0.15, 0.2) is 222 Å². The van der Waals surface area contributed by atoms with Crippen molar-refractivity contribution in [2.75, 3.05) is 46.5 Å². The molecule has 0 radical (unpaired) electrons. The molecule has 606 valence electrons. The Morgan fingerprint density at radius 2 is 0.884 bits per heavy atom. The number of aryl methyl sites for hydroxylation is 3. The van der Waals surface area contributed by atoms with E-state index in [-0.39, 0.29) is 74.5 Å². The standard InChI is InChI=1S/C13H12FNO.C12H13BrFNO2.C12H12BrFO2.C12H10FNO2.C10H7BrFNO.C6H5BrFN.C5H7ClO2.C5H8O3.CH2I2.4O.Os/c1-3-4-10-11(14)7-5-9-6-8-12(16)15(2)13(9)10;1-3-17-8-7-11(16)15(2)10-6-4-5-9(14)12(10)13;1-2-16-7-6-10(15)8-9-4-3-5-11(14)12(9)13;1-14-11(16)5-3-8-2-4-10(13)9(6-7-15)12(8)14;1-13-8(14)5-3-6-2-4-7(12)9(11)10(6)13;7-6-4(8)2-1-3-5(6)9;2*1-2-8-4-3-5(6)7;2-1-3;;;;;/h3,5-8H,1,4H2,2H3;4-8H,3H2,1-2H3;3-7H,2,8H2,1H3;2-5,7H,6H2,1H3;2-5H,1H3;1-3H,9H2;3-4H,2H2,1H3;3-4H,2H2,1H3,(H,6,7);1H2;;;;;/b;8-7+;7-6+;;;;2*4-3+;;;;;;. The molecule has 3 N–H and O–H groups in total. The van der Waals surface area contributed by atoms with Crippen molar-refractivity contribution in [2.24, 2.45) is 21.1 Å². The number of nitrogen functional groups attached to an aromatic ring is 1. The van der Waals surface area contributed by atoms with Crippen LogP contribution in [0.2, 0.25) is 0 Å². The molecule has 0 aliphatic heterocycles. The Morgan fingerprint density at radius 3 is 1.29 bits per heavy atom. The number of aromatic nitrogens is 3. The first kappa shape index (κ1) is 104. The summed E-state index contributed by atoms with van der Waals surface area (Å²) in [5.41, 5.74) is 8.86. The first-order valence-corrected chi connectivity index (χ1v) is 42.7. The number of aldehydes is 1. The van der Waals surface area contributed by atoms with Crippen molar-refractivity contribution in [1.82, 2.24) is 13.7 Å². The summed E-state index contributed by atoms with van der Waals surface area (Å²) in [6.07, 6.45) is 12.7. The second kappa shape index (κ2) is 56.8. The van der Waals surface area contributed by atoms with E-state index in [1.54, 1.807) is 114 Å². The van der Waals surface area contributed by atoms with Gasteiger partial charge in [0.2, 0.25) is 5.24 Å². The van der Waals surface area contributed by atoms with E-state index in [0.717, 1.165) is 34.6 Å². The molecule has 0 aliphatic rings. The molecule has 9 aromatic rings. The molecule has 0 atom stereocenters. The molecule has 0 spiro atoms. The van der Waals surface area contributed by atoms with E-state index in [1.165, 1.54) is 107 Å². The summed E-state index contributed by atoms with van der Waals surface area (Å²) < 4.78 is 140. The number of nitrogens with two attached hydrogens (primary N) is 1. The first-order valence-electron chi connectivity index (χ1n) is 31.9. The summed E-state index contributed by atoms with van der Waals surface area (Å²) in [6.45, 7) is 12.9. The third-order valence-corrected chi connectivity index (χ3v) is 16.8. The predicted molar refractivity (Wildman–Crippen MR) is 445 cm³/mol. The van der Waals surface area contributed by atoms with Gasteiger partial charge in [-0.2, -0.15) is 0 Å². The van der Waals surface area contributed by atoms with Gasteiger partial charge < -0.3 is 53.2 Å². The summed E-state index contributed by atoms with van der Waals surface area (Å²) in [6, 6.07) is 32.1. The van der Waals surface area contributed by atoms with Crippen LogP contribution in [-0.2, 0) is 112 Å². The summed E-state index contributed by atoms with van der Waals surface area (Å²) in [7, 11) is 6.40. The summed E-state index contributed by atoms with van der Waals surface area (Å²) in [5, 5.41) is 9.90. The number of hydrogen-bond donors (Lipinski definition) is 2. The van der Waals surface area contributed by atoms with Gasteiger partial charge in [-0.05, 0) is 216 Å². The molecular weight excluding hydrogens is 2170 g/mol. The normalized spacial score (nSPS) is 10.3. The average molecular weight is 2240 g/mol. The van der Waals surface area contributed by atoms with Crippen LogP contribution in [0.3, 0.4) is 0 Å². The number of alkyl halides is 2. The van der Waals surface area contributed by atoms with Crippen molar-refractivity contribution >= 4 is 194 Å². The molecular formula is C76H76Br4ClF6I2N5O17Os. The number of allylic oxidation sites excluding steroid dienone is 3. The summed E-state index contributed by atoms with van der Waals surface area (Å²) in [4.78, 5) is 88.9. The topological polar surface area (TPSA) is 306 Å². The van der Waals surface area contributed by atoms with Gasteiger partial charge in [0.05, 0.1) is 100 Å². The number of hydrogen-bond acceptors (Lipinski definition) is 17. The number of halogens is 13. The SMILES string of the molecule is C=CCc1c(F)ccc2ccc(=O)n(C)c12.CCO/C=C/C(=O)Cc1cccc(F)c1Br.CCO/C=C/C(=O)Cl.CCO/C=C/C(=O)N(C)c1cccc(F)c1Br.CCO/C=C/C(=O)O.Cn1c(=O)ccc2ccc(F)c(Br)c21.Cn1c(=O)ccc2ccc(F)c(CC=O)c21.ICI.Nc1cccc(F)c1Br.[O]=[Os](=[O])(=[O])=[O]. The Bertz CT molecular complexity index is 5050. The number of anilines is 2. The number of carboxylic acids is 1. The van der Waals surface area contributed by atoms with Gasteiger partial charge >= 0.3 is 35.0 Å². The van der Waals surface area contributed by atoms with E-state index < -0.39 is 37.7 Å². The minimum absolute atomic E-state index is 0.0273. The maximum atomic E-state index is 13.7. The number of carbonyl (C=O) groups is 5. The minimum atomic E-state index is -6.06. The van der Waals surface area contributed by atoms with Gasteiger partial charge in [-0.15, -0.1) is 6.58 Å². The van der Waals surface area contributed by atoms with Crippen LogP contribution in [0.4, 0.5) is 37.7 Å². The predicted octanol–water partition coefficient (Wildman–Crippen LogP) is 18.0. The van der Waals surface area contributed by atoms with E-state index in [0.29, 0.717) is 91.6 Å². The first-order chi connectivity index (χ1) is 52.8. The van der Waals surface area contributed by atoms with E-state index in [9.17, 15) is 64.7 Å². The van der Waals surface area contributed by atoms with E-state index >= 15 is 0 Å². The zero-order valence-corrected chi connectivity index (χ0v) is 74.8. The molecule has 0 saturated carbocycles. The zero-order valence-electron chi connectivity index (χ0n) is 60.9. The molecule has 0 saturated heterocycles. The molecule has 36 heteroatoms. The molecule has 9 rings (SSSR count). The van der Waals surface area contributed by atoms with Crippen molar-refractivity contribution in [3.8, 4) is 0 Å². The van der Waals surface area contributed by atoms with Crippen LogP contribution in [0.1, 0.15) is 44.4 Å². The second-order valence-electron chi connectivity index (χ2n) is 20.9. The van der Waals surface area contributed by atoms with Gasteiger partial charge in [0.15, 0.2) is 5.78 Å². The Morgan fingerprint density at radius 1 is 0.527 bits per heavy atom. The molecule has 0 fully saturated rings. The number of amides is 1. The van der Waals surface area contributed by atoms with Gasteiger partial charge in [-0.1, -0.05) is 75.5 Å². The second-order valence-corrected chi connectivity index (χ2v) is 31.4. The van der Waals surface area contributed by atoms with Crippen LogP contribution in [0.25, 0.3) is 32.7 Å². The molecule has 0 aliphatic carbocycles. The number of aliphatic carboxylic acids is 1. The van der Waals surface area contributed by atoms with Crippen LogP contribution in [-0.4, -0.2) is 83.9 Å². The third-order valence-electron chi connectivity index (χ3n) is 13.4. The van der Waals surface area contributed by atoms with Crippen LogP contribution in [0.5, 0.6) is 0 Å². The van der Waals surface area contributed by atoms with Crippen molar-refractivity contribution in [3.63, 3.8) is 0 Å². The van der Waals surface area contributed by atoms with Crippen molar-refractivity contribution in [3.05, 3.63) is 290 Å². The number of ether oxygens (including phenoxy) is 4. The average Bonchev–Trinajstić information content (AvgIpc) is 0.799. The molecule has 1 amide bonds. The number of rotatable bonds is 19. The maximum absolute atomic E-state index is 13.7. The number of carbonyl (C=O) groups excluding carboxylic acids is 4. The van der Waals surface area contributed by atoms with Gasteiger partial charge in [0, 0.05) is 94.3 Å². The van der Waals surface area contributed by atoms with Gasteiger partial charge in [-0.3, -0.25) is 28.8 Å². The molecule has 0 unspecified atom stereocenters. The Hall–Kier alpha value is -8.31. The quantitative estimate of drug-likeness (QED) is 0.00874. The molecule has 0 bridgehead atoms. The summed E-state index contributed by atoms with van der Waals surface area (Å²) in [5.74, 6) is -3.61. The van der Waals surface area contributed by atoms with E-state index in [2.05, 4.69) is 125 Å². The van der Waals surface area contributed by atoms with Crippen LogP contribution >= 0.6 is 121 Å². The van der Waals surface area contributed by atoms with Crippen LogP contribution in [0, 0.1) is 34.9 Å². The van der Waals surface area contributed by atoms with Gasteiger partial charge in [-0.25, -0.2) is 31.1 Å². The number of ketones is 1. The monoisotopic (exact) mass is 2240 g/mol. The van der Waals surface area contributed by atoms with Gasteiger partial charge in [0.25, 0.3) is 22.6 Å². The number of likely N-dealkylation sites (N-methyl/N-ethyl adjacent to an activating group) is 1. The molecule has 22 nitrogen and oxygen atoms in total. The number of fused-ring (bicyclic) bond motifs is 3. The van der Waals surface area contributed by atoms with Crippen molar-refractivity contribution in [1.29, 1.82) is 0 Å². The number of carboxylic acid groups (broad SMARTS) is 1. The molecule has 3 aromatic heterocycles. The zero-order chi connectivity index (χ0) is 85.4. The van der Waals surface area contributed by atoms with Crippen molar-refractivity contribution < 1.29 is 103 Å². The number of benzene rings is 6. The Labute approximate surface area is 708 Å². The van der Waals surface area contributed by atoms with E-state index in [4.69, 9.17) is 46.1 Å². The fourth-order valence-corrected chi connectivity index (χ4v) is 10.3. The third kappa shape index (κ3) is 39.4. The fraction of sp³-hybridized carbons (Fsp3) is 0.211. The molecule has 112 heavy (non-hydrogen) atoms. The Balaban J connectivity index is 0.00000125. The summed E-state index contributed by atoms with van der Waals surface area (Å²) >= 11 is 15.7. The number of nitrogens with zero attached hydrogens (tertiary/aromatic N) is 4. The van der Waals surface area contributed by atoms with Crippen LogP contribution < -0.4 is 27.3 Å². The van der Waals surface area contributed by atoms with Crippen molar-refractivity contribution in [2.45, 2.75) is 47.0 Å². The van der Waals surface area contributed by atoms with Gasteiger partial charge in [0.1, 0.15) is 41.2 Å². The Kier molecular flexibility index (Phi) is 52.6. The number of pyridine rings is 3. The van der Waals surface area contributed by atoms with E-state index in [1.807, 2.05) is 20.8 Å².